The number of rotatable bonds is 6. The van der Waals surface area contributed by atoms with Gasteiger partial charge in [-0.2, -0.15) is 0 Å². The van der Waals surface area contributed by atoms with Crippen LogP contribution in [0, 0.1) is 23.6 Å². The molecule has 0 amide bonds. The maximum Gasteiger partial charge on any atom is 0.127 e. The zero-order valence-electron chi connectivity index (χ0n) is 12.7. The van der Waals surface area contributed by atoms with Gasteiger partial charge in [0.05, 0.1) is 0 Å². The van der Waals surface area contributed by atoms with Crippen LogP contribution in [0.25, 0.3) is 0 Å². The summed E-state index contributed by atoms with van der Waals surface area (Å²) in [6.07, 6.45) is 7.44. The summed E-state index contributed by atoms with van der Waals surface area (Å²) in [5.41, 5.74) is 0.802. The molecule has 2 aliphatic rings. The summed E-state index contributed by atoms with van der Waals surface area (Å²) in [5.74, 6) is 2.36. The van der Waals surface area contributed by atoms with Crippen LogP contribution < -0.4 is 5.32 Å². The van der Waals surface area contributed by atoms with Crippen LogP contribution in [0.1, 0.15) is 44.6 Å². The number of fused-ring (bicyclic) bond motifs is 2. The van der Waals surface area contributed by atoms with E-state index in [2.05, 4.69) is 12.2 Å². The number of hydrogen-bond acceptors (Lipinski definition) is 1. The minimum atomic E-state index is -0.158. The van der Waals surface area contributed by atoms with E-state index in [9.17, 15) is 4.39 Å². The molecule has 0 aliphatic heterocycles. The Labute approximate surface area is 132 Å². The van der Waals surface area contributed by atoms with Crippen LogP contribution in [-0.4, -0.2) is 12.6 Å². The Bertz CT molecular complexity index is 490. The SMILES string of the molecule is CCCNC(Cc1ccc(Cl)cc1F)C1CC2CCC1C2. The topological polar surface area (TPSA) is 12.0 Å². The normalized spacial score (nSPS) is 29.0. The van der Waals surface area contributed by atoms with Crippen molar-refractivity contribution in [1.82, 2.24) is 5.32 Å². The average Bonchev–Trinajstić information content (AvgIpc) is 3.08. The Morgan fingerprint density at radius 3 is 2.81 bits per heavy atom. The zero-order valence-corrected chi connectivity index (χ0v) is 13.5. The Hall–Kier alpha value is -0.600. The second-order valence-electron chi connectivity index (χ2n) is 6.84. The van der Waals surface area contributed by atoms with E-state index < -0.39 is 0 Å². The molecule has 2 saturated carbocycles. The zero-order chi connectivity index (χ0) is 14.8. The monoisotopic (exact) mass is 309 g/mol. The summed E-state index contributed by atoms with van der Waals surface area (Å²) in [7, 11) is 0. The maximum atomic E-state index is 14.1. The molecule has 0 aromatic heterocycles. The van der Waals surface area contributed by atoms with Crippen molar-refractivity contribution in [3.8, 4) is 0 Å². The lowest BCUT2D eigenvalue weighted by molar-refractivity contribution is 0.245. The molecule has 0 saturated heterocycles. The van der Waals surface area contributed by atoms with E-state index in [1.54, 1.807) is 6.07 Å². The van der Waals surface area contributed by atoms with Crippen LogP contribution in [0.3, 0.4) is 0 Å². The largest absolute Gasteiger partial charge is 0.313 e. The first-order valence-corrected chi connectivity index (χ1v) is 8.72. The van der Waals surface area contributed by atoms with E-state index in [-0.39, 0.29) is 5.82 Å². The molecule has 3 rings (SSSR count). The Morgan fingerprint density at radius 2 is 2.19 bits per heavy atom. The van der Waals surface area contributed by atoms with Crippen molar-refractivity contribution in [2.75, 3.05) is 6.54 Å². The number of nitrogens with one attached hydrogen (secondary N) is 1. The molecule has 0 spiro atoms. The van der Waals surface area contributed by atoms with Gasteiger partial charge >= 0.3 is 0 Å². The highest BCUT2D eigenvalue weighted by atomic mass is 35.5. The van der Waals surface area contributed by atoms with Gasteiger partial charge in [-0.25, -0.2) is 4.39 Å². The molecule has 0 heterocycles. The molecule has 2 fully saturated rings. The molecule has 1 aromatic carbocycles. The molecule has 2 aliphatic carbocycles. The summed E-state index contributed by atoms with van der Waals surface area (Å²) in [6.45, 7) is 3.21. The fourth-order valence-corrected chi connectivity index (χ4v) is 4.57. The van der Waals surface area contributed by atoms with Gasteiger partial charge in [-0.15, -0.1) is 0 Å². The second kappa shape index (κ2) is 6.66. The molecule has 21 heavy (non-hydrogen) atoms. The van der Waals surface area contributed by atoms with Crippen molar-refractivity contribution in [3.63, 3.8) is 0 Å². The van der Waals surface area contributed by atoms with Crippen molar-refractivity contribution in [3.05, 3.63) is 34.6 Å². The first-order valence-electron chi connectivity index (χ1n) is 8.34. The molecule has 4 atom stereocenters. The first-order chi connectivity index (χ1) is 10.2. The molecule has 116 valence electrons. The van der Waals surface area contributed by atoms with Crippen LogP contribution in [0.15, 0.2) is 18.2 Å². The lowest BCUT2D eigenvalue weighted by Gasteiger charge is -2.31. The summed E-state index contributed by atoms with van der Waals surface area (Å²) < 4.78 is 14.1. The maximum absolute atomic E-state index is 14.1. The fraction of sp³-hybridized carbons (Fsp3) is 0.667. The van der Waals surface area contributed by atoms with Gasteiger partial charge in [0.1, 0.15) is 5.82 Å². The molecule has 1 N–H and O–H groups in total. The third kappa shape index (κ3) is 3.43. The van der Waals surface area contributed by atoms with Crippen LogP contribution >= 0.6 is 11.6 Å². The molecular formula is C18H25ClFN. The van der Waals surface area contributed by atoms with Gasteiger partial charge in [-0.05, 0) is 74.1 Å². The third-order valence-corrected chi connectivity index (χ3v) is 5.66. The molecular weight excluding hydrogens is 285 g/mol. The van der Waals surface area contributed by atoms with Crippen molar-refractivity contribution >= 4 is 11.6 Å². The first kappa shape index (κ1) is 15.3. The van der Waals surface area contributed by atoms with Crippen molar-refractivity contribution < 1.29 is 4.39 Å². The van der Waals surface area contributed by atoms with Crippen molar-refractivity contribution in [2.45, 2.75) is 51.5 Å². The Balaban J connectivity index is 1.73. The van der Waals surface area contributed by atoms with Crippen LogP contribution in [-0.2, 0) is 6.42 Å². The number of benzene rings is 1. The highest BCUT2D eigenvalue weighted by Gasteiger charge is 2.42. The smallest absolute Gasteiger partial charge is 0.127 e. The number of halogens is 2. The quantitative estimate of drug-likeness (QED) is 0.794. The molecule has 2 bridgehead atoms. The minimum absolute atomic E-state index is 0.158. The summed E-state index contributed by atoms with van der Waals surface area (Å²) in [4.78, 5) is 0. The molecule has 3 heteroatoms. The average molecular weight is 310 g/mol. The van der Waals surface area contributed by atoms with E-state index in [1.807, 2.05) is 6.07 Å². The van der Waals surface area contributed by atoms with Gasteiger partial charge in [0.25, 0.3) is 0 Å². The fourth-order valence-electron chi connectivity index (χ4n) is 4.42. The van der Waals surface area contributed by atoms with Crippen molar-refractivity contribution in [2.24, 2.45) is 17.8 Å². The Kier molecular flexibility index (Phi) is 4.85. The molecule has 0 radical (unpaired) electrons. The Morgan fingerprint density at radius 1 is 1.33 bits per heavy atom. The van der Waals surface area contributed by atoms with E-state index in [4.69, 9.17) is 11.6 Å². The van der Waals surface area contributed by atoms with E-state index in [0.717, 1.165) is 42.7 Å². The van der Waals surface area contributed by atoms with Gasteiger partial charge in [-0.3, -0.25) is 0 Å². The predicted octanol–water partition coefficient (Wildman–Crippen LogP) is 4.83. The van der Waals surface area contributed by atoms with Crippen LogP contribution in [0.4, 0.5) is 4.39 Å². The van der Waals surface area contributed by atoms with Gasteiger partial charge in [0, 0.05) is 11.1 Å². The van der Waals surface area contributed by atoms with E-state index in [1.165, 1.54) is 31.7 Å². The molecule has 4 unspecified atom stereocenters. The van der Waals surface area contributed by atoms with Gasteiger partial charge in [0.2, 0.25) is 0 Å². The molecule has 1 nitrogen and oxygen atoms in total. The molecule has 1 aromatic rings. The highest BCUT2D eigenvalue weighted by molar-refractivity contribution is 6.30. The minimum Gasteiger partial charge on any atom is -0.313 e. The standard InChI is InChI=1S/C18H25ClFN/c1-2-7-21-18(16-9-12-3-4-13(16)8-12)10-14-5-6-15(19)11-17(14)20/h5-6,11-13,16,18,21H,2-4,7-10H2,1H3. The van der Waals surface area contributed by atoms with E-state index >= 15 is 0 Å². The predicted molar refractivity (Wildman–Crippen MR) is 86.1 cm³/mol. The van der Waals surface area contributed by atoms with Crippen LogP contribution in [0.5, 0.6) is 0 Å². The van der Waals surface area contributed by atoms with Gasteiger partial charge in [-0.1, -0.05) is 31.0 Å². The highest BCUT2D eigenvalue weighted by Crippen LogP contribution is 2.50. The summed E-state index contributed by atoms with van der Waals surface area (Å²) in [6, 6.07) is 5.51. The lowest BCUT2D eigenvalue weighted by atomic mass is 9.81. The lowest BCUT2D eigenvalue weighted by Crippen LogP contribution is -2.41. The third-order valence-electron chi connectivity index (χ3n) is 5.42. The van der Waals surface area contributed by atoms with Crippen LogP contribution in [0.2, 0.25) is 5.02 Å². The summed E-state index contributed by atoms with van der Waals surface area (Å²) >= 11 is 5.86. The van der Waals surface area contributed by atoms with Crippen molar-refractivity contribution in [1.29, 1.82) is 0 Å². The summed E-state index contributed by atoms with van der Waals surface area (Å²) in [5, 5.41) is 4.17. The second-order valence-corrected chi connectivity index (χ2v) is 7.28. The van der Waals surface area contributed by atoms with Gasteiger partial charge < -0.3 is 5.32 Å². The number of hydrogen-bond donors (Lipinski definition) is 1. The van der Waals surface area contributed by atoms with Gasteiger partial charge in [0.15, 0.2) is 0 Å². The van der Waals surface area contributed by atoms with E-state index in [0.29, 0.717) is 11.1 Å².